The number of hydrogen-bond donors (Lipinski definition) is 0. The van der Waals surface area contributed by atoms with Gasteiger partial charge in [0.05, 0.1) is 28.4 Å². The lowest BCUT2D eigenvalue weighted by Crippen LogP contribution is -2.31. The molecular formula is C26H24FN3O2S. The molecule has 1 heterocycles. The summed E-state index contributed by atoms with van der Waals surface area (Å²) in [6.45, 7) is 3.84. The molecule has 4 aromatic rings. The van der Waals surface area contributed by atoms with E-state index in [1.807, 2.05) is 50.2 Å². The van der Waals surface area contributed by atoms with Gasteiger partial charge in [-0.15, -0.1) is 0 Å². The minimum Gasteiger partial charge on any atom is -0.338 e. The van der Waals surface area contributed by atoms with Gasteiger partial charge in [-0.05, 0) is 55.3 Å². The summed E-state index contributed by atoms with van der Waals surface area (Å²) < 4.78 is 14.8. The van der Waals surface area contributed by atoms with Gasteiger partial charge >= 0.3 is 0 Å². The number of carbonyl (C=O) groups excluding carboxylic acids is 1. The van der Waals surface area contributed by atoms with E-state index in [2.05, 4.69) is 0 Å². The second-order valence-corrected chi connectivity index (χ2v) is 8.80. The molecule has 33 heavy (non-hydrogen) atoms. The van der Waals surface area contributed by atoms with Gasteiger partial charge in [0, 0.05) is 7.05 Å². The van der Waals surface area contributed by atoms with Crippen LogP contribution in [0.25, 0.3) is 16.6 Å². The van der Waals surface area contributed by atoms with Crippen LogP contribution in [0.5, 0.6) is 0 Å². The van der Waals surface area contributed by atoms with Gasteiger partial charge in [0.25, 0.3) is 5.56 Å². The third-order valence-electron chi connectivity index (χ3n) is 5.75. The van der Waals surface area contributed by atoms with Crippen LogP contribution >= 0.6 is 11.8 Å². The first-order valence-electron chi connectivity index (χ1n) is 10.6. The highest BCUT2D eigenvalue weighted by Crippen LogP contribution is 2.25. The van der Waals surface area contributed by atoms with Crippen molar-refractivity contribution in [1.82, 2.24) is 14.5 Å². The summed E-state index contributed by atoms with van der Waals surface area (Å²) in [5.74, 6) is -0.318. The van der Waals surface area contributed by atoms with Gasteiger partial charge in [-0.25, -0.2) is 9.37 Å². The van der Waals surface area contributed by atoms with Crippen LogP contribution in [0.1, 0.15) is 24.1 Å². The Balaban J connectivity index is 1.65. The van der Waals surface area contributed by atoms with Crippen molar-refractivity contribution < 1.29 is 9.18 Å². The number of thioether (sulfide) groups is 1. The number of halogens is 1. The lowest BCUT2D eigenvalue weighted by Gasteiger charge is -2.25. The summed E-state index contributed by atoms with van der Waals surface area (Å²) >= 11 is 1.23. The molecule has 0 radical (unpaired) electrons. The Morgan fingerprint density at radius 3 is 2.45 bits per heavy atom. The quantitative estimate of drug-likeness (QED) is 0.295. The van der Waals surface area contributed by atoms with E-state index in [4.69, 9.17) is 4.98 Å². The fourth-order valence-electron chi connectivity index (χ4n) is 3.64. The third-order valence-corrected chi connectivity index (χ3v) is 6.68. The molecule has 4 rings (SSSR count). The monoisotopic (exact) mass is 461 g/mol. The first-order valence-corrected chi connectivity index (χ1v) is 11.6. The fourth-order valence-corrected chi connectivity index (χ4v) is 4.57. The van der Waals surface area contributed by atoms with Crippen molar-refractivity contribution in [3.63, 3.8) is 0 Å². The Kier molecular flexibility index (Phi) is 6.60. The highest BCUT2D eigenvalue weighted by molar-refractivity contribution is 7.99. The molecule has 0 saturated heterocycles. The van der Waals surface area contributed by atoms with Crippen molar-refractivity contribution in [1.29, 1.82) is 0 Å². The average Bonchev–Trinajstić information content (AvgIpc) is 2.83. The summed E-state index contributed by atoms with van der Waals surface area (Å²) in [5.41, 5.74) is 2.95. The predicted octanol–water partition coefficient (Wildman–Crippen LogP) is 5.14. The van der Waals surface area contributed by atoms with Crippen molar-refractivity contribution in [3.05, 3.63) is 100 Å². The second kappa shape index (κ2) is 9.58. The first kappa shape index (κ1) is 22.7. The molecule has 0 spiro atoms. The van der Waals surface area contributed by atoms with Crippen molar-refractivity contribution in [2.75, 3.05) is 12.8 Å². The number of amides is 1. The molecule has 7 heteroatoms. The standard InChI is InChI=1S/C26H24FN3O2S/c1-17-8-4-7-11-23(17)30-25(32)21-9-5-6-10-22(21)28-26(30)33-16-24(31)29(3)18(2)19-12-14-20(27)15-13-19/h4-15,18H,16H2,1-3H3. The van der Waals surface area contributed by atoms with Crippen LogP contribution < -0.4 is 5.56 Å². The van der Waals surface area contributed by atoms with Crippen LogP contribution in [-0.4, -0.2) is 33.2 Å². The number of fused-ring (bicyclic) bond motifs is 1. The number of nitrogens with zero attached hydrogens (tertiary/aromatic N) is 3. The second-order valence-electron chi connectivity index (χ2n) is 7.86. The van der Waals surface area contributed by atoms with Crippen molar-refractivity contribution in [2.45, 2.75) is 25.0 Å². The number of aryl methyl sites for hydroxylation is 1. The molecule has 0 aliphatic carbocycles. The predicted molar refractivity (Wildman–Crippen MR) is 130 cm³/mol. The van der Waals surface area contributed by atoms with Crippen molar-refractivity contribution in [2.24, 2.45) is 0 Å². The SMILES string of the molecule is Cc1ccccc1-n1c(SCC(=O)N(C)C(C)c2ccc(F)cc2)nc2ccccc2c1=O. The zero-order chi connectivity index (χ0) is 23.5. The van der Waals surface area contributed by atoms with E-state index in [9.17, 15) is 14.0 Å². The zero-order valence-corrected chi connectivity index (χ0v) is 19.5. The van der Waals surface area contributed by atoms with Gasteiger partial charge < -0.3 is 4.90 Å². The molecule has 1 aromatic heterocycles. The van der Waals surface area contributed by atoms with Gasteiger partial charge in [0.1, 0.15) is 5.82 Å². The molecule has 5 nitrogen and oxygen atoms in total. The van der Waals surface area contributed by atoms with Crippen LogP contribution in [0.4, 0.5) is 4.39 Å². The third kappa shape index (κ3) is 4.68. The number of hydrogen-bond acceptors (Lipinski definition) is 4. The van der Waals surface area contributed by atoms with E-state index in [0.29, 0.717) is 16.1 Å². The van der Waals surface area contributed by atoms with E-state index in [1.54, 1.807) is 40.8 Å². The van der Waals surface area contributed by atoms with E-state index in [1.165, 1.54) is 23.9 Å². The Morgan fingerprint density at radius 2 is 1.73 bits per heavy atom. The van der Waals surface area contributed by atoms with Gasteiger partial charge in [-0.2, -0.15) is 0 Å². The molecule has 0 N–H and O–H groups in total. The van der Waals surface area contributed by atoms with Crippen molar-refractivity contribution >= 4 is 28.6 Å². The molecule has 0 fully saturated rings. The van der Waals surface area contributed by atoms with E-state index in [-0.39, 0.29) is 29.1 Å². The van der Waals surface area contributed by atoms with Gasteiger partial charge in [0.2, 0.25) is 5.91 Å². The summed E-state index contributed by atoms with van der Waals surface area (Å²) in [5, 5.41) is 0.989. The number of benzene rings is 3. The molecule has 0 aliphatic heterocycles. The molecule has 0 bridgehead atoms. The molecule has 1 unspecified atom stereocenters. The Morgan fingerprint density at radius 1 is 1.06 bits per heavy atom. The molecule has 1 atom stereocenters. The highest BCUT2D eigenvalue weighted by Gasteiger charge is 2.20. The van der Waals surface area contributed by atoms with Gasteiger partial charge in [0.15, 0.2) is 5.16 Å². The van der Waals surface area contributed by atoms with Gasteiger partial charge in [-0.1, -0.05) is 54.2 Å². The number of aromatic nitrogens is 2. The highest BCUT2D eigenvalue weighted by atomic mass is 32.2. The molecule has 3 aromatic carbocycles. The fraction of sp³-hybridized carbons (Fsp3) is 0.192. The number of rotatable bonds is 6. The van der Waals surface area contributed by atoms with E-state index >= 15 is 0 Å². The molecule has 0 aliphatic rings. The summed E-state index contributed by atoms with van der Waals surface area (Å²) in [6, 6.07) is 20.7. The minimum absolute atomic E-state index is 0.110. The maximum absolute atomic E-state index is 13.4. The Bertz CT molecular complexity index is 1370. The van der Waals surface area contributed by atoms with Crippen LogP contribution in [0.2, 0.25) is 0 Å². The first-order chi connectivity index (χ1) is 15.9. The zero-order valence-electron chi connectivity index (χ0n) is 18.7. The largest absolute Gasteiger partial charge is 0.338 e. The smallest absolute Gasteiger partial charge is 0.266 e. The summed E-state index contributed by atoms with van der Waals surface area (Å²) in [6.07, 6.45) is 0. The van der Waals surface area contributed by atoms with Gasteiger partial charge in [-0.3, -0.25) is 14.2 Å². The summed E-state index contributed by atoms with van der Waals surface area (Å²) in [4.78, 5) is 32.7. The molecule has 1 amide bonds. The molecule has 168 valence electrons. The Labute approximate surface area is 195 Å². The minimum atomic E-state index is -0.313. The lowest BCUT2D eigenvalue weighted by molar-refractivity contribution is -0.128. The lowest BCUT2D eigenvalue weighted by atomic mass is 10.1. The molecular weight excluding hydrogens is 437 g/mol. The van der Waals surface area contributed by atoms with Crippen LogP contribution in [0.3, 0.4) is 0 Å². The maximum atomic E-state index is 13.4. The van der Waals surface area contributed by atoms with Crippen LogP contribution in [0, 0.1) is 12.7 Å². The van der Waals surface area contributed by atoms with Crippen LogP contribution in [0.15, 0.2) is 82.7 Å². The summed E-state index contributed by atoms with van der Waals surface area (Å²) in [7, 11) is 1.72. The number of carbonyl (C=O) groups is 1. The van der Waals surface area contributed by atoms with E-state index in [0.717, 1.165) is 16.8 Å². The normalized spacial score (nSPS) is 12.0. The average molecular weight is 462 g/mol. The molecule has 0 saturated carbocycles. The van der Waals surface area contributed by atoms with E-state index < -0.39 is 0 Å². The maximum Gasteiger partial charge on any atom is 0.266 e. The topological polar surface area (TPSA) is 55.2 Å². The van der Waals surface area contributed by atoms with Crippen molar-refractivity contribution in [3.8, 4) is 5.69 Å². The number of para-hydroxylation sites is 2. The van der Waals surface area contributed by atoms with Crippen LogP contribution in [-0.2, 0) is 4.79 Å². The Hall–Kier alpha value is -3.45.